The van der Waals surface area contributed by atoms with E-state index in [1.165, 1.54) is 107 Å². The van der Waals surface area contributed by atoms with Crippen LogP contribution >= 0.6 is 0 Å². The summed E-state index contributed by atoms with van der Waals surface area (Å²) in [6, 6.07) is 55.9. The number of hydrogen-bond acceptors (Lipinski definition) is 0. The van der Waals surface area contributed by atoms with Gasteiger partial charge in [0.05, 0.1) is 47.3 Å². The van der Waals surface area contributed by atoms with Gasteiger partial charge in [0.1, 0.15) is 0 Å². The van der Waals surface area contributed by atoms with Gasteiger partial charge in [0.25, 0.3) is 0 Å². The number of benzene rings is 6. The minimum Gasteiger partial charge on any atom is -0.145 e. The quantitative estimate of drug-likeness (QED) is 0.1000. The molecule has 0 heteroatoms. The lowest BCUT2D eigenvalue weighted by Crippen LogP contribution is -2.15. The molecule has 0 N–H and O–H groups in total. The minimum absolute atomic E-state index is 0.0337. The fraction of sp³-hybridized carbons (Fsp3) is 0.293. The van der Waals surface area contributed by atoms with Crippen molar-refractivity contribution in [1.29, 1.82) is 0 Å². The molecule has 0 aliphatic heterocycles. The number of allylic oxidation sites excluding steroid dienone is 16. The van der Waals surface area contributed by atoms with E-state index in [1.54, 1.807) is 0 Å². The third kappa shape index (κ3) is 13.4. The van der Waals surface area contributed by atoms with Gasteiger partial charge in [-0.15, -0.1) is 35.8 Å². The standard InChI is InChI=1S/C82H90/c1-77(2,3)67-40-28-55(29-41-67)73(56-30-42-68(43-31-56)78(4,5)6)61-22-19-25-64(52-61)76(65-26-20-23-62(53-65)74(57-32-44-69(45-33-57)79(7,8)9)58-34-46-70(47-35-58)80(10,11)12)66-27-21-24-63(54-66)75(59-36-48-71(49-37-59)81(13,14)15)60-38-50-72(51-39-60)82(16,17)18/h19-54H,1-18H3. The molecule has 82 heavy (non-hydrogen) atoms. The summed E-state index contributed by atoms with van der Waals surface area (Å²) in [6.45, 7) is 41.3. The maximum absolute atomic E-state index is 2.45. The smallest absolute Gasteiger partial charge is 0.0922 e. The van der Waals surface area contributed by atoms with Gasteiger partial charge in [-0.2, -0.15) is 0 Å². The summed E-state index contributed by atoms with van der Waals surface area (Å²) in [6.07, 6.45) is 27.9. The third-order valence-corrected chi connectivity index (χ3v) is 16.6. The molecular formula is C82H90. The molecule has 0 amide bonds. The Morgan fingerprint density at radius 1 is 0.329 bits per heavy atom. The first-order valence-corrected chi connectivity index (χ1v) is 29.9. The van der Waals surface area contributed by atoms with Gasteiger partial charge in [0.15, 0.2) is 0 Å². The van der Waals surface area contributed by atoms with Gasteiger partial charge in [0.2, 0.25) is 0 Å². The highest BCUT2D eigenvalue weighted by Crippen LogP contribution is 2.44. The second kappa shape index (κ2) is 22.7. The Balaban J connectivity index is 1.30. The zero-order valence-corrected chi connectivity index (χ0v) is 52.8. The van der Waals surface area contributed by atoms with Crippen LogP contribution in [0.1, 0.15) is 191 Å². The topological polar surface area (TPSA) is 0 Å². The third-order valence-electron chi connectivity index (χ3n) is 16.6. The Labute approximate surface area is 496 Å². The van der Waals surface area contributed by atoms with E-state index in [1.807, 2.05) is 0 Å². The molecule has 3 aliphatic carbocycles. The summed E-state index contributed by atoms with van der Waals surface area (Å²) in [7, 11) is 0. The van der Waals surface area contributed by atoms with Crippen LogP contribution in [0.5, 0.6) is 0 Å². The summed E-state index contributed by atoms with van der Waals surface area (Å²) in [4.78, 5) is 0. The average Bonchev–Trinajstić information content (AvgIpc) is 3.63. The van der Waals surface area contributed by atoms with E-state index in [2.05, 4.69) is 343 Å². The van der Waals surface area contributed by atoms with E-state index in [0.717, 1.165) is 16.7 Å². The first-order chi connectivity index (χ1) is 38.4. The van der Waals surface area contributed by atoms with Gasteiger partial charge in [-0.1, -0.05) is 267 Å². The highest BCUT2D eigenvalue weighted by molar-refractivity contribution is 5.94. The molecule has 0 saturated carbocycles. The van der Waals surface area contributed by atoms with Crippen molar-refractivity contribution < 1.29 is 0 Å². The molecule has 0 spiro atoms. The van der Waals surface area contributed by atoms with E-state index in [4.69, 9.17) is 0 Å². The molecule has 0 nitrogen and oxygen atoms in total. The van der Waals surface area contributed by atoms with Crippen LogP contribution in [0.2, 0.25) is 0 Å². The fourth-order valence-corrected chi connectivity index (χ4v) is 11.3. The van der Waals surface area contributed by atoms with E-state index < -0.39 is 0 Å². The molecule has 6 aromatic carbocycles. The van der Waals surface area contributed by atoms with Gasteiger partial charge in [-0.3, -0.25) is 0 Å². The lowest BCUT2D eigenvalue weighted by Gasteiger charge is -2.30. The molecule has 0 saturated heterocycles. The van der Waals surface area contributed by atoms with Crippen LogP contribution in [0.4, 0.5) is 0 Å². The molecule has 0 heterocycles. The second-order valence-electron chi connectivity index (χ2n) is 29.2. The first-order valence-electron chi connectivity index (χ1n) is 29.9. The van der Waals surface area contributed by atoms with E-state index in [0.29, 0.717) is 0 Å². The van der Waals surface area contributed by atoms with E-state index >= 15 is 0 Å². The maximum atomic E-state index is 2.45. The fourth-order valence-electron chi connectivity index (χ4n) is 11.3. The average molecular weight is 1080 g/mol. The predicted octanol–water partition coefficient (Wildman–Crippen LogP) is 22.1. The lowest BCUT2D eigenvalue weighted by molar-refractivity contribution is 0.473. The van der Waals surface area contributed by atoms with Crippen molar-refractivity contribution in [3.8, 4) is 0 Å². The summed E-state index contributed by atoms with van der Waals surface area (Å²) in [5, 5.41) is 0. The van der Waals surface area contributed by atoms with Crippen LogP contribution in [0.25, 0.3) is 16.7 Å². The summed E-state index contributed by atoms with van der Waals surface area (Å²) >= 11 is 0. The molecule has 3 aliphatic rings. The highest BCUT2D eigenvalue weighted by Gasteiger charge is 2.31. The maximum Gasteiger partial charge on any atom is 0.0922 e. The largest absolute Gasteiger partial charge is 0.145 e. The Morgan fingerprint density at radius 2 is 0.671 bits per heavy atom. The van der Waals surface area contributed by atoms with Gasteiger partial charge in [0, 0.05) is 40.7 Å². The predicted molar refractivity (Wildman–Crippen MR) is 356 cm³/mol. The molecule has 0 fully saturated rings. The normalized spacial score (nSPS) is 15.7. The van der Waals surface area contributed by atoms with Crippen LogP contribution in [0.15, 0.2) is 235 Å². The van der Waals surface area contributed by atoms with Crippen molar-refractivity contribution in [2.45, 2.75) is 146 Å². The lowest BCUT2D eigenvalue weighted by atomic mass is 9.76. The Bertz CT molecular complexity index is 3480. The summed E-state index contributed by atoms with van der Waals surface area (Å²) in [5.74, 6) is 3.85. The Morgan fingerprint density at radius 3 is 1.06 bits per heavy atom. The minimum atomic E-state index is 0.0337. The molecule has 0 bridgehead atoms. The van der Waals surface area contributed by atoms with Gasteiger partial charge >= 0.3 is 0 Å². The summed E-state index contributed by atoms with van der Waals surface area (Å²) in [5.41, 5.74) is 23.2. The Hall–Kier alpha value is -7.54. The van der Waals surface area contributed by atoms with Gasteiger partial charge < -0.3 is 0 Å². The summed E-state index contributed by atoms with van der Waals surface area (Å²) < 4.78 is 0. The van der Waals surface area contributed by atoms with Crippen molar-refractivity contribution >= 4 is 16.7 Å². The first kappa shape index (κ1) is 59.1. The van der Waals surface area contributed by atoms with E-state index in [9.17, 15) is 0 Å². The van der Waals surface area contributed by atoms with Crippen molar-refractivity contribution in [3.63, 3.8) is 0 Å². The van der Waals surface area contributed by atoms with Crippen molar-refractivity contribution in [3.05, 3.63) is 326 Å². The molecular weight excluding hydrogens is 985 g/mol. The Kier molecular flexibility index (Phi) is 16.3. The van der Waals surface area contributed by atoms with Crippen LogP contribution in [-0.4, -0.2) is 0 Å². The molecule has 6 aromatic rings. The van der Waals surface area contributed by atoms with E-state index in [-0.39, 0.29) is 32.5 Å². The number of hydrogen-bond donors (Lipinski definition) is 0. The molecule has 0 atom stereocenters. The van der Waals surface area contributed by atoms with Crippen LogP contribution in [0.3, 0.4) is 0 Å². The van der Waals surface area contributed by atoms with Crippen molar-refractivity contribution in [2.24, 2.45) is 10.8 Å². The molecule has 0 unspecified atom stereocenters. The SMILES string of the molecule is CC(C)(C)c1ccc(C(C2=CC(=C(c3cccc(C(=C4C=C[C+](C(C)(C)C)C=C4)c4ccc(C(C)(C)C)cc4)c3)c3cccc([C-](c4ccc(C(C)(C)C)cc4)c4ccc(C(C)(C)C)cc4)c3)C=C[CH-]2)=C2C=C[C+](C(C)(C)C)C=C2)cc1. The van der Waals surface area contributed by atoms with Gasteiger partial charge in [-0.05, 0) is 108 Å². The van der Waals surface area contributed by atoms with Crippen molar-refractivity contribution in [2.75, 3.05) is 0 Å². The molecule has 418 valence electrons. The van der Waals surface area contributed by atoms with Crippen LogP contribution < -0.4 is 0 Å². The molecule has 0 radical (unpaired) electrons. The van der Waals surface area contributed by atoms with Gasteiger partial charge in [-0.25, -0.2) is 0 Å². The molecule has 0 aromatic heterocycles. The zero-order valence-electron chi connectivity index (χ0n) is 52.8. The number of rotatable bonds is 9. The monoisotopic (exact) mass is 1070 g/mol. The van der Waals surface area contributed by atoms with Crippen LogP contribution in [-0.2, 0) is 21.7 Å². The highest BCUT2D eigenvalue weighted by atomic mass is 14.3. The second-order valence-corrected chi connectivity index (χ2v) is 29.2. The zero-order chi connectivity index (χ0) is 59.2. The van der Waals surface area contributed by atoms with Crippen molar-refractivity contribution in [1.82, 2.24) is 0 Å². The van der Waals surface area contributed by atoms with Crippen LogP contribution in [0, 0.1) is 35.0 Å². The molecule has 9 rings (SSSR count).